The molecule has 0 unspecified atom stereocenters. The second-order valence-electron chi connectivity index (χ2n) is 7.16. The van der Waals surface area contributed by atoms with Crippen molar-refractivity contribution in [1.82, 2.24) is 5.32 Å². The summed E-state index contributed by atoms with van der Waals surface area (Å²) >= 11 is 0. The second-order valence-corrected chi connectivity index (χ2v) is 7.16. The van der Waals surface area contributed by atoms with Crippen LogP contribution in [-0.4, -0.2) is 42.3 Å². The zero-order chi connectivity index (χ0) is 21.5. The maximum absolute atomic E-state index is 12.3. The Labute approximate surface area is 174 Å². The van der Waals surface area contributed by atoms with Crippen molar-refractivity contribution in [3.8, 4) is 11.1 Å². The van der Waals surface area contributed by atoms with Crippen LogP contribution in [0.2, 0.25) is 0 Å². The van der Waals surface area contributed by atoms with Crippen LogP contribution in [0.25, 0.3) is 11.1 Å². The number of hydrogen-bond donors (Lipinski definition) is 4. The Bertz CT molecular complexity index is 895. The van der Waals surface area contributed by atoms with Crippen LogP contribution < -0.4 is 16.8 Å². The summed E-state index contributed by atoms with van der Waals surface area (Å²) in [7, 11) is 0. The molecular weight excluding hydrogens is 384 g/mol. The van der Waals surface area contributed by atoms with E-state index in [0.29, 0.717) is 19.4 Å². The summed E-state index contributed by atoms with van der Waals surface area (Å²) in [6.45, 7) is 0.552. The maximum atomic E-state index is 12.3. The number of carbonyl (C=O) groups excluding carboxylic acids is 1. The Kier molecular flexibility index (Phi) is 6.90. The number of alkyl carbamates (subject to hydrolysis) is 1. The van der Waals surface area contributed by atoms with E-state index < -0.39 is 18.1 Å². The number of carboxylic acid groups (broad SMARTS) is 1. The highest BCUT2D eigenvalue weighted by Gasteiger charge is 2.29. The molecule has 158 valence electrons. The first-order valence-corrected chi connectivity index (χ1v) is 9.87. The monoisotopic (exact) mass is 410 g/mol. The number of nitrogens with two attached hydrogens (primary N) is 2. The van der Waals surface area contributed by atoms with E-state index in [0.717, 1.165) is 22.3 Å². The van der Waals surface area contributed by atoms with Crippen molar-refractivity contribution in [2.45, 2.75) is 31.2 Å². The van der Waals surface area contributed by atoms with E-state index in [1.807, 2.05) is 36.4 Å². The van der Waals surface area contributed by atoms with Gasteiger partial charge in [-0.15, -0.1) is 0 Å². The third-order valence-electron chi connectivity index (χ3n) is 5.13. The second kappa shape index (κ2) is 9.78. The van der Waals surface area contributed by atoms with Gasteiger partial charge >= 0.3 is 12.1 Å². The smallest absolute Gasteiger partial charge is 0.407 e. The number of nitrogens with one attached hydrogen (secondary N) is 1. The molecular formula is C22H26N4O4. The molecule has 0 bridgehead atoms. The van der Waals surface area contributed by atoms with Crippen molar-refractivity contribution >= 4 is 18.0 Å². The Morgan fingerprint density at radius 2 is 1.63 bits per heavy atom. The molecule has 0 radical (unpaired) electrons. The van der Waals surface area contributed by atoms with Crippen LogP contribution in [-0.2, 0) is 9.53 Å². The van der Waals surface area contributed by atoms with Crippen molar-refractivity contribution in [3.05, 3.63) is 59.7 Å². The molecule has 6 N–H and O–H groups in total. The number of aliphatic imine (C=N–C) groups is 1. The van der Waals surface area contributed by atoms with E-state index >= 15 is 0 Å². The molecule has 0 aliphatic heterocycles. The summed E-state index contributed by atoms with van der Waals surface area (Å²) in [4.78, 5) is 27.6. The summed E-state index contributed by atoms with van der Waals surface area (Å²) in [5.41, 5.74) is 15.0. The number of ether oxygens (including phenoxy) is 1. The fourth-order valence-corrected chi connectivity index (χ4v) is 3.71. The molecule has 0 saturated carbocycles. The lowest BCUT2D eigenvalue weighted by atomic mass is 9.98. The van der Waals surface area contributed by atoms with Crippen LogP contribution in [0.15, 0.2) is 53.5 Å². The van der Waals surface area contributed by atoms with Crippen LogP contribution in [0.1, 0.15) is 36.3 Å². The minimum absolute atomic E-state index is 0.00143. The molecule has 2 aromatic rings. The number of rotatable bonds is 9. The molecule has 2 aromatic carbocycles. The standard InChI is InChI=1S/C22H26N4O4/c23-21(24)25-12-6-5-11-19(20(27)28)26-22(29)30-13-18-16-9-3-1-7-14(16)15-8-2-4-10-17(15)18/h1-4,7-10,18-19H,5-6,11-13H2,(H,26,29)(H,27,28)(H4,23,24,25)/t19-/m1/s1. The van der Waals surface area contributed by atoms with Gasteiger partial charge in [0.05, 0.1) is 0 Å². The fraction of sp³-hybridized carbons (Fsp3) is 0.318. The maximum Gasteiger partial charge on any atom is 0.407 e. The number of fused-ring (bicyclic) bond motifs is 3. The van der Waals surface area contributed by atoms with Gasteiger partial charge in [0.25, 0.3) is 0 Å². The minimum Gasteiger partial charge on any atom is -0.480 e. The number of guanidine groups is 1. The van der Waals surface area contributed by atoms with E-state index in [1.54, 1.807) is 0 Å². The van der Waals surface area contributed by atoms with Gasteiger partial charge < -0.3 is 26.6 Å². The molecule has 0 aromatic heterocycles. The molecule has 0 fully saturated rings. The average molecular weight is 410 g/mol. The van der Waals surface area contributed by atoms with Crippen molar-refractivity contribution in [1.29, 1.82) is 0 Å². The first kappa shape index (κ1) is 21.2. The third-order valence-corrected chi connectivity index (χ3v) is 5.13. The Morgan fingerprint density at radius 1 is 1.03 bits per heavy atom. The van der Waals surface area contributed by atoms with E-state index in [4.69, 9.17) is 16.2 Å². The lowest BCUT2D eigenvalue weighted by Crippen LogP contribution is -2.41. The molecule has 0 spiro atoms. The zero-order valence-corrected chi connectivity index (χ0v) is 16.6. The molecule has 1 aliphatic rings. The number of nitrogens with zero attached hydrogens (tertiary/aromatic N) is 1. The third kappa shape index (κ3) is 5.08. The molecule has 1 atom stereocenters. The number of unbranched alkanes of at least 4 members (excludes halogenated alkanes) is 1. The molecule has 3 rings (SSSR count). The summed E-state index contributed by atoms with van der Waals surface area (Å²) in [5, 5.41) is 11.8. The van der Waals surface area contributed by atoms with Gasteiger partial charge in [-0.3, -0.25) is 4.99 Å². The van der Waals surface area contributed by atoms with Crippen molar-refractivity contribution in [2.75, 3.05) is 13.2 Å². The minimum atomic E-state index is -1.11. The predicted molar refractivity (Wildman–Crippen MR) is 114 cm³/mol. The van der Waals surface area contributed by atoms with Crippen molar-refractivity contribution < 1.29 is 19.4 Å². The zero-order valence-electron chi connectivity index (χ0n) is 16.6. The molecule has 1 amide bonds. The molecule has 0 saturated heterocycles. The highest BCUT2D eigenvalue weighted by molar-refractivity contribution is 5.81. The molecule has 1 aliphatic carbocycles. The van der Waals surface area contributed by atoms with Crippen molar-refractivity contribution in [2.24, 2.45) is 16.5 Å². The number of aliphatic carboxylic acids is 1. The Morgan fingerprint density at radius 3 is 2.20 bits per heavy atom. The van der Waals surface area contributed by atoms with Crippen LogP contribution in [0.5, 0.6) is 0 Å². The van der Waals surface area contributed by atoms with Gasteiger partial charge in [-0.1, -0.05) is 48.5 Å². The SMILES string of the molecule is NC(N)=NCCCC[C@@H](NC(=O)OCC1c2ccccc2-c2ccccc21)C(=O)O. The van der Waals surface area contributed by atoms with E-state index in [1.165, 1.54) is 0 Å². The van der Waals surface area contributed by atoms with E-state index in [2.05, 4.69) is 22.4 Å². The van der Waals surface area contributed by atoms with Crippen LogP contribution >= 0.6 is 0 Å². The Balaban J connectivity index is 1.56. The first-order chi connectivity index (χ1) is 14.5. The van der Waals surface area contributed by atoms with Crippen LogP contribution in [0.4, 0.5) is 4.79 Å². The molecule has 30 heavy (non-hydrogen) atoms. The first-order valence-electron chi connectivity index (χ1n) is 9.87. The number of hydrogen-bond acceptors (Lipinski definition) is 4. The lowest BCUT2D eigenvalue weighted by Gasteiger charge is -2.17. The summed E-state index contributed by atoms with van der Waals surface area (Å²) in [6, 6.07) is 15.0. The Hall–Kier alpha value is -3.55. The topological polar surface area (TPSA) is 140 Å². The average Bonchev–Trinajstić information content (AvgIpc) is 3.04. The summed E-state index contributed by atoms with van der Waals surface area (Å²) < 4.78 is 5.41. The van der Waals surface area contributed by atoms with Gasteiger partial charge in [-0.25, -0.2) is 9.59 Å². The number of carboxylic acids is 1. The molecule has 0 heterocycles. The number of carbonyl (C=O) groups is 2. The van der Waals surface area contributed by atoms with Crippen LogP contribution in [0.3, 0.4) is 0 Å². The van der Waals surface area contributed by atoms with Gasteiger partial charge in [0.2, 0.25) is 0 Å². The fourth-order valence-electron chi connectivity index (χ4n) is 3.71. The van der Waals surface area contributed by atoms with Gasteiger partial charge in [0.15, 0.2) is 5.96 Å². The van der Waals surface area contributed by atoms with Crippen LogP contribution in [0, 0.1) is 0 Å². The van der Waals surface area contributed by atoms with Gasteiger partial charge in [-0.05, 0) is 41.5 Å². The summed E-state index contributed by atoms with van der Waals surface area (Å²) in [6.07, 6.45) is 0.693. The highest BCUT2D eigenvalue weighted by atomic mass is 16.5. The molecule has 8 heteroatoms. The van der Waals surface area contributed by atoms with Crippen molar-refractivity contribution in [3.63, 3.8) is 0 Å². The van der Waals surface area contributed by atoms with E-state index in [9.17, 15) is 14.7 Å². The lowest BCUT2D eigenvalue weighted by molar-refractivity contribution is -0.139. The quantitative estimate of drug-likeness (QED) is 0.284. The van der Waals surface area contributed by atoms with E-state index in [-0.39, 0.29) is 24.9 Å². The normalized spacial score (nSPS) is 13.1. The number of benzene rings is 2. The highest BCUT2D eigenvalue weighted by Crippen LogP contribution is 2.44. The molecule has 8 nitrogen and oxygen atoms in total. The van der Waals surface area contributed by atoms with Gasteiger partial charge in [0.1, 0.15) is 12.6 Å². The van der Waals surface area contributed by atoms with Gasteiger partial charge in [-0.2, -0.15) is 0 Å². The largest absolute Gasteiger partial charge is 0.480 e. The van der Waals surface area contributed by atoms with Gasteiger partial charge in [0, 0.05) is 12.5 Å². The summed E-state index contributed by atoms with van der Waals surface area (Å²) in [5.74, 6) is -1.18. The predicted octanol–water partition coefficient (Wildman–Crippen LogP) is 2.42. The number of amides is 1.